The summed E-state index contributed by atoms with van der Waals surface area (Å²) in [5.74, 6) is 0.0544. The highest BCUT2D eigenvalue weighted by atomic mass is 32.1. The number of carbonyl (C=O) groups is 1. The lowest BCUT2D eigenvalue weighted by Crippen LogP contribution is -1.95. The molecule has 0 atom stereocenters. The van der Waals surface area contributed by atoms with E-state index >= 15 is 0 Å². The molecule has 2 heterocycles. The van der Waals surface area contributed by atoms with Crippen molar-refractivity contribution in [3.63, 3.8) is 0 Å². The third-order valence-electron chi connectivity index (χ3n) is 2.76. The van der Waals surface area contributed by atoms with Crippen molar-refractivity contribution in [1.82, 2.24) is 10.1 Å². The maximum Gasteiger partial charge on any atom is 0.335 e. The minimum atomic E-state index is -0.958. The summed E-state index contributed by atoms with van der Waals surface area (Å²) in [5.41, 5.74) is 0.937. The minimum Gasteiger partial charge on any atom is -0.478 e. The minimum absolute atomic E-state index is 0.229. The summed E-state index contributed by atoms with van der Waals surface area (Å²) in [5, 5.41) is 14.8. The Labute approximate surface area is 118 Å². The Bertz CT molecular complexity index is 717. The van der Waals surface area contributed by atoms with Crippen LogP contribution in [0.15, 0.2) is 46.3 Å². The van der Waals surface area contributed by atoms with Crippen molar-refractivity contribution in [3.8, 4) is 11.5 Å². The van der Waals surface area contributed by atoms with Gasteiger partial charge in [0.2, 0.25) is 0 Å². The van der Waals surface area contributed by atoms with E-state index in [-0.39, 0.29) is 5.56 Å². The summed E-state index contributed by atoms with van der Waals surface area (Å²) in [6.07, 6.45) is 0.633. The molecule has 0 saturated heterocycles. The molecule has 0 saturated carbocycles. The number of carboxylic acids is 1. The van der Waals surface area contributed by atoms with Crippen molar-refractivity contribution >= 4 is 17.3 Å². The molecule has 20 heavy (non-hydrogen) atoms. The molecular formula is C14H10N2O3S. The highest BCUT2D eigenvalue weighted by Crippen LogP contribution is 2.19. The number of carboxylic acid groups (broad SMARTS) is 1. The maximum atomic E-state index is 10.8. The molecule has 0 aliphatic heterocycles. The van der Waals surface area contributed by atoms with Gasteiger partial charge < -0.3 is 9.63 Å². The fraction of sp³-hybridized carbons (Fsp3) is 0.0714. The summed E-state index contributed by atoms with van der Waals surface area (Å²) in [4.78, 5) is 16.3. The third kappa shape index (κ3) is 2.60. The standard InChI is InChI=1S/C14H10N2O3S/c17-14(18)10-5-3-9(4-6-10)13-15-12(16-19-13)8-11-2-1-7-20-11/h1-7H,8H2,(H,17,18). The van der Waals surface area contributed by atoms with Crippen molar-refractivity contribution in [3.05, 3.63) is 58.0 Å². The first-order valence-electron chi connectivity index (χ1n) is 5.91. The second-order valence-corrected chi connectivity index (χ2v) is 5.19. The quantitative estimate of drug-likeness (QED) is 0.797. The first-order valence-corrected chi connectivity index (χ1v) is 6.79. The zero-order chi connectivity index (χ0) is 13.9. The zero-order valence-corrected chi connectivity index (χ0v) is 11.1. The van der Waals surface area contributed by atoms with E-state index in [9.17, 15) is 4.79 Å². The number of nitrogens with zero attached hydrogens (tertiary/aromatic N) is 2. The van der Waals surface area contributed by atoms with E-state index < -0.39 is 5.97 Å². The largest absolute Gasteiger partial charge is 0.478 e. The van der Waals surface area contributed by atoms with Crippen LogP contribution in [0.5, 0.6) is 0 Å². The van der Waals surface area contributed by atoms with E-state index in [0.717, 1.165) is 0 Å². The zero-order valence-electron chi connectivity index (χ0n) is 10.3. The molecule has 3 aromatic rings. The van der Waals surface area contributed by atoms with Crippen LogP contribution >= 0.6 is 11.3 Å². The van der Waals surface area contributed by atoms with Gasteiger partial charge in [0, 0.05) is 16.9 Å². The summed E-state index contributed by atoms with van der Waals surface area (Å²) < 4.78 is 5.20. The van der Waals surface area contributed by atoms with Gasteiger partial charge in [0.25, 0.3) is 5.89 Å². The number of hydrogen-bond acceptors (Lipinski definition) is 5. The van der Waals surface area contributed by atoms with Gasteiger partial charge in [0.1, 0.15) is 0 Å². The summed E-state index contributed by atoms with van der Waals surface area (Å²) in [6, 6.07) is 10.3. The topological polar surface area (TPSA) is 76.2 Å². The van der Waals surface area contributed by atoms with Crippen LogP contribution < -0.4 is 0 Å². The summed E-state index contributed by atoms with van der Waals surface area (Å²) in [7, 11) is 0. The van der Waals surface area contributed by atoms with Crippen LogP contribution in [0.2, 0.25) is 0 Å². The molecule has 6 heteroatoms. The second kappa shape index (κ2) is 5.26. The van der Waals surface area contributed by atoms with E-state index in [2.05, 4.69) is 10.1 Å². The lowest BCUT2D eigenvalue weighted by Gasteiger charge is -1.95. The fourth-order valence-corrected chi connectivity index (χ4v) is 2.47. The van der Waals surface area contributed by atoms with Gasteiger partial charge in [-0.3, -0.25) is 0 Å². The number of aromatic nitrogens is 2. The lowest BCUT2D eigenvalue weighted by molar-refractivity contribution is 0.0697. The number of hydrogen-bond donors (Lipinski definition) is 1. The van der Waals surface area contributed by atoms with Crippen LogP contribution in [-0.4, -0.2) is 21.2 Å². The second-order valence-electron chi connectivity index (χ2n) is 4.15. The third-order valence-corrected chi connectivity index (χ3v) is 3.64. The van der Waals surface area contributed by atoms with Crippen molar-refractivity contribution in [2.75, 3.05) is 0 Å². The first-order chi connectivity index (χ1) is 9.72. The number of aromatic carboxylic acids is 1. The fourth-order valence-electron chi connectivity index (χ4n) is 1.77. The molecule has 0 radical (unpaired) electrons. The molecule has 100 valence electrons. The van der Waals surface area contributed by atoms with Gasteiger partial charge in [-0.05, 0) is 35.7 Å². The van der Waals surface area contributed by atoms with Crippen molar-refractivity contribution in [2.45, 2.75) is 6.42 Å². The molecule has 2 aromatic heterocycles. The molecule has 0 aliphatic rings. The normalized spacial score (nSPS) is 10.6. The predicted molar refractivity (Wildman–Crippen MR) is 73.8 cm³/mol. The molecular weight excluding hydrogens is 276 g/mol. The van der Waals surface area contributed by atoms with Crippen LogP contribution in [0.1, 0.15) is 21.1 Å². The lowest BCUT2D eigenvalue weighted by atomic mass is 10.1. The molecule has 1 N–H and O–H groups in total. The Morgan fingerprint density at radius 3 is 2.70 bits per heavy atom. The Morgan fingerprint density at radius 1 is 1.25 bits per heavy atom. The molecule has 0 unspecified atom stereocenters. The van der Waals surface area contributed by atoms with Crippen LogP contribution in [0.4, 0.5) is 0 Å². The average Bonchev–Trinajstić information content (AvgIpc) is 3.11. The van der Waals surface area contributed by atoms with Crippen LogP contribution in [0, 0.1) is 0 Å². The average molecular weight is 286 g/mol. The Hall–Kier alpha value is -2.47. The molecule has 3 rings (SSSR count). The number of rotatable bonds is 4. The van der Waals surface area contributed by atoms with Gasteiger partial charge >= 0.3 is 5.97 Å². The van der Waals surface area contributed by atoms with Gasteiger partial charge in [-0.25, -0.2) is 4.79 Å². The monoisotopic (exact) mass is 286 g/mol. The molecule has 1 aromatic carbocycles. The molecule has 0 amide bonds. The SMILES string of the molecule is O=C(O)c1ccc(-c2nc(Cc3cccs3)no2)cc1. The Morgan fingerprint density at radius 2 is 2.05 bits per heavy atom. The summed E-state index contributed by atoms with van der Waals surface area (Å²) in [6.45, 7) is 0. The van der Waals surface area contributed by atoms with E-state index in [1.54, 1.807) is 23.5 Å². The van der Waals surface area contributed by atoms with Crippen molar-refractivity contribution < 1.29 is 14.4 Å². The maximum absolute atomic E-state index is 10.8. The predicted octanol–water partition coefficient (Wildman–Crippen LogP) is 3.09. The van der Waals surface area contributed by atoms with E-state index in [1.807, 2.05) is 17.5 Å². The van der Waals surface area contributed by atoms with E-state index in [0.29, 0.717) is 23.7 Å². The van der Waals surface area contributed by atoms with Gasteiger partial charge in [-0.2, -0.15) is 4.98 Å². The van der Waals surface area contributed by atoms with Crippen molar-refractivity contribution in [1.29, 1.82) is 0 Å². The molecule has 5 nitrogen and oxygen atoms in total. The summed E-state index contributed by atoms with van der Waals surface area (Å²) >= 11 is 1.64. The van der Waals surface area contributed by atoms with Crippen LogP contribution in [0.25, 0.3) is 11.5 Å². The number of thiophene rings is 1. The smallest absolute Gasteiger partial charge is 0.335 e. The van der Waals surface area contributed by atoms with Gasteiger partial charge in [-0.1, -0.05) is 11.2 Å². The van der Waals surface area contributed by atoms with E-state index in [1.165, 1.54) is 17.0 Å². The number of benzene rings is 1. The molecule has 0 fully saturated rings. The van der Waals surface area contributed by atoms with Gasteiger partial charge in [0.15, 0.2) is 5.82 Å². The van der Waals surface area contributed by atoms with Crippen molar-refractivity contribution in [2.24, 2.45) is 0 Å². The van der Waals surface area contributed by atoms with E-state index in [4.69, 9.17) is 9.63 Å². The van der Waals surface area contributed by atoms with Crippen LogP contribution in [-0.2, 0) is 6.42 Å². The van der Waals surface area contributed by atoms with Crippen LogP contribution in [0.3, 0.4) is 0 Å². The Balaban J connectivity index is 1.80. The highest BCUT2D eigenvalue weighted by molar-refractivity contribution is 7.09. The van der Waals surface area contributed by atoms with Gasteiger partial charge in [0.05, 0.1) is 5.56 Å². The van der Waals surface area contributed by atoms with Gasteiger partial charge in [-0.15, -0.1) is 11.3 Å². The Kier molecular flexibility index (Phi) is 3.30. The molecule has 0 spiro atoms. The first kappa shape index (κ1) is 12.6. The molecule has 0 bridgehead atoms. The molecule has 0 aliphatic carbocycles. The highest BCUT2D eigenvalue weighted by Gasteiger charge is 2.10.